The Morgan fingerprint density at radius 2 is 1.74 bits per heavy atom. The third kappa shape index (κ3) is 4.97. The lowest BCUT2D eigenvalue weighted by Crippen LogP contribution is -2.36. The van der Waals surface area contributed by atoms with Crippen LogP contribution in [0.1, 0.15) is 40.7 Å². The topological polar surface area (TPSA) is 49.4 Å². The Morgan fingerprint density at radius 3 is 2.52 bits per heavy atom. The predicted octanol–water partition coefficient (Wildman–Crippen LogP) is 3.82. The molecule has 3 rings (SSSR count). The van der Waals surface area contributed by atoms with Gasteiger partial charge in [0.2, 0.25) is 11.8 Å². The molecule has 2 amide bonds. The van der Waals surface area contributed by atoms with Crippen LogP contribution in [0, 0.1) is 13.8 Å². The maximum Gasteiger partial charge on any atom is 0.243 e. The standard InChI is InChI=1S/C23H28N2O2/c1-16-8-9-17(2)21(12-16)24-22(26)15-25(3)23(27)14-18-10-11-19-6-4-5-7-20(19)13-18/h8-13H,4-7,14-15H2,1-3H3,(H,24,26). The summed E-state index contributed by atoms with van der Waals surface area (Å²) in [6, 6.07) is 12.3. The van der Waals surface area contributed by atoms with Crippen LogP contribution in [0.3, 0.4) is 0 Å². The van der Waals surface area contributed by atoms with Gasteiger partial charge in [0.25, 0.3) is 0 Å². The van der Waals surface area contributed by atoms with E-state index < -0.39 is 0 Å². The number of carbonyl (C=O) groups excluding carboxylic acids is 2. The van der Waals surface area contributed by atoms with E-state index in [1.807, 2.05) is 38.1 Å². The zero-order valence-corrected chi connectivity index (χ0v) is 16.5. The summed E-state index contributed by atoms with van der Waals surface area (Å²) >= 11 is 0. The van der Waals surface area contributed by atoms with Crippen molar-refractivity contribution in [3.63, 3.8) is 0 Å². The second-order valence-electron chi connectivity index (χ2n) is 7.60. The molecule has 2 aromatic carbocycles. The summed E-state index contributed by atoms with van der Waals surface area (Å²) in [5.41, 5.74) is 6.73. The number of nitrogens with zero attached hydrogens (tertiary/aromatic N) is 1. The number of hydrogen-bond acceptors (Lipinski definition) is 2. The molecule has 0 atom stereocenters. The quantitative estimate of drug-likeness (QED) is 0.877. The van der Waals surface area contributed by atoms with Gasteiger partial charge in [-0.3, -0.25) is 9.59 Å². The van der Waals surface area contributed by atoms with Gasteiger partial charge in [-0.2, -0.15) is 0 Å². The highest BCUT2D eigenvalue weighted by molar-refractivity contribution is 5.95. The van der Waals surface area contributed by atoms with Crippen molar-refractivity contribution in [1.82, 2.24) is 4.90 Å². The number of fused-ring (bicyclic) bond motifs is 1. The molecule has 0 saturated heterocycles. The lowest BCUT2D eigenvalue weighted by atomic mass is 9.90. The summed E-state index contributed by atoms with van der Waals surface area (Å²) in [6.07, 6.45) is 5.06. The molecular formula is C23H28N2O2. The number of aryl methyl sites for hydroxylation is 4. The molecule has 2 aromatic rings. The van der Waals surface area contributed by atoms with E-state index in [2.05, 4.69) is 17.4 Å². The highest BCUT2D eigenvalue weighted by atomic mass is 16.2. The van der Waals surface area contributed by atoms with Crippen LogP contribution in [-0.4, -0.2) is 30.3 Å². The number of amides is 2. The number of benzene rings is 2. The van der Waals surface area contributed by atoms with Crippen LogP contribution in [0.25, 0.3) is 0 Å². The van der Waals surface area contributed by atoms with E-state index in [4.69, 9.17) is 0 Å². The van der Waals surface area contributed by atoms with Gasteiger partial charge in [0.1, 0.15) is 0 Å². The minimum absolute atomic E-state index is 0.0399. The van der Waals surface area contributed by atoms with Crippen LogP contribution in [-0.2, 0) is 28.9 Å². The molecule has 0 spiro atoms. The van der Waals surface area contributed by atoms with Crippen molar-refractivity contribution in [1.29, 1.82) is 0 Å². The minimum Gasteiger partial charge on any atom is -0.336 e. The molecule has 0 radical (unpaired) electrons. The highest BCUT2D eigenvalue weighted by Crippen LogP contribution is 2.22. The first-order chi connectivity index (χ1) is 12.9. The van der Waals surface area contributed by atoms with E-state index >= 15 is 0 Å². The Labute approximate surface area is 161 Å². The largest absolute Gasteiger partial charge is 0.336 e. The van der Waals surface area contributed by atoms with Gasteiger partial charge in [-0.05, 0) is 73.4 Å². The van der Waals surface area contributed by atoms with Gasteiger partial charge in [-0.15, -0.1) is 0 Å². The van der Waals surface area contributed by atoms with E-state index in [1.54, 1.807) is 7.05 Å². The summed E-state index contributed by atoms with van der Waals surface area (Å²) in [4.78, 5) is 26.4. The van der Waals surface area contributed by atoms with Gasteiger partial charge in [0.05, 0.1) is 13.0 Å². The third-order valence-electron chi connectivity index (χ3n) is 5.24. The predicted molar refractivity (Wildman–Crippen MR) is 109 cm³/mol. The van der Waals surface area contributed by atoms with E-state index in [9.17, 15) is 9.59 Å². The van der Waals surface area contributed by atoms with E-state index in [-0.39, 0.29) is 18.4 Å². The van der Waals surface area contributed by atoms with E-state index in [1.165, 1.54) is 28.9 Å². The lowest BCUT2D eigenvalue weighted by Gasteiger charge is -2.19. The van der Waals surface area contributed by atoms with Crippen LogP contribution < -0.4 is 5.32 Å². The Hall–Kier alpha value is -2.62. The van der Waals surface area contributed by atoms with Crippen LogP contribution in [0.15, 0.2) is 36.4 Å². The fourth-order valence-electron chi connectivity index (χ4n) is 3.57. The fourth-order valence-corrected chi connectivity index (χ4v) is 3.57. The molecule has 1 aliphatic carbocycles. The fraction of sp³-hybridized carbons (Fsp3) is 0.391. The first-order valence-electron chi connectivity index (χ1n) is 9.64. The molecule has 0 bridgehead atoms. The molecule has 0 fully saturated rings. The summed E-state index contributed by atoms with van der Waals surface area (Å²) in [7, 11) is 1.68. The molecule has 1 N–H and O–H groups in total. The number of rotatable bonds is 5. The molecule has 27 heavy (non-hydrogen) atoms. The van der Waals surface area contributed by atoms with Gasteiger partial charge in [0, 0.05) is 12.7 Å². The highest BCUT2D eigenvalue weighted by Gasteiger charge is 2.16. The molecule has 4 heteroatoms. The maximum atomic E-state index is 12.5. The van der Waals surface area contributed by atoms with Crippen LogP contribution >= 0.6 is 0 Å². The van der Waals surface area contributed by atoms with Crippen molar-refractivity contribution in [3.8, 4) is 0 Å². The minimum atomic E-state index is -0.176. The number of nitrogens with one attached hydrogen (secondary N) is 1. The molecule has 0 heterocycles. The number of likely N-dealkylation sites (N-methyl/N-ethyl adjacent to an activating group) is 1. The Balaban J connectivity index is 1.57. The van der Waals surface area contributed by atoms with Crippen molar-refractivity contribution >= 4 is 17.5 Å². The number of anilines is 1. The van der Waals surface area contributed by atoms with Crippen LogP contribution in [0.5, 0.6) is 0 Å². The Bertz CT molecular complexity index is 857. The van der Waals surface area contributed by atoms with Crippen molar-refractivity contribution < 1.29 is 9.59 Å². The number of hydrogen-bond donors (Lipinski definition) is 1. The molecule has 0 aliphatic heterocycles. The normalized spacial score (nSPS) is 13.0. The zero-order chi connectivity index (χ0) is 19.4. The van der Waals surface area contributed by atoms with Crippen molar-refractivity contribution in [2.75, 3.05) is 18.9 Å². The van der Waals surface area contributed by atoms with Crippen LogP contribution in [0.2, 0.25) is 0 Å². The number of carbonyl (C=O) groups is 2. The summed E-state index contributed by atoms with van der Waals surface area (Å²) in [5, 5.41) is 2.91. The van der Waals surface area contributed by atoms with Crippen molar-refractivity contribution in [2.45, 2.75) is 46.0 Å². The summed E-state index contributed by atoms with van der Waals surface area (Å²) < 4.78 is 0. The SMILES string of the molecule is Cc1ccc(C)c(NC(=O)CN(C)C(=O)Cc2ccc3c(c2)CCCC3)c1. The zero-order valence-electron chi connectivity index (χ0n) is 16.5. The first-order valence-corrected chi connectivity index (χ1v) is 9.64. The van der Waals surface area contributed by atoms with Gasteiger partial charge in [-0.25, -0.2) is 0 Å². The molecule has 0 aromatic heterocycles. The van der Waals surface area contributed by atoms with Gasteiger partial charge in [-0.1, -0.05) is 30.3 Å². The average molecular weight is 364 g/mol. The summed E-state index contributed by atoms with van der Waals surface area (Å²) in [5.74, 6) is -0.216. The average Bonchev–Trinajstić information content (AvgIpc) is 2.64. The second kappa shape index (κ2) is 8.38. The second-order valence-corrected chi connectivity index (χ2v) is 7.60. The Kier molecular flexibility index (Phi) is 5.94. The third-order valence-corrected chi connectivity index (χ3v) is 5.24. The van der Waals surface area contributed by atoms with Crippen molar-refractivity contribution in [3.05, 3.63) is 64.2 Å². The van der Waals surface area contributed by atoms with Crippen molar-refractivity contribution in [2.24, 2.45) is 0 Å². The van der Waals surface area contributed by atoms with Gasteiger partial charge < -0.3 is 10.2 Å². The Morgan fingerprint density at radius 1 is 1.00 bits per heavy atom. The molecular weight excluding hydrogens is 336 g/mol. The van der Waals surface area contributed by atoms with E-state index in [0.717, 1.165) is 35.2 Å². The van der Waals surface area contributed by atoms with E-state index in [0.29, 0.717) is 6.42 Å². The molecule has 0 unspecified atom stereocenters. The first kappa shape index (κ1) is 19.2. The molecule has 142 valence electrons. The molecule has 0 saturated carbocycles. The maximum absolute atomic E-state index is 12.5. The molecule has 1 aliphatic rings. The van der Waals surface area contributed by atoms with Gasteiger partial charge in [0.15, 0.2) is 0 Å². The summed E-state index contributed by atoms with van der Waals surface area (Å²) in [6.45, 7) is 4.00. The lowest BCUT2D eigenvalue weighted by molar-refractivity contribution is -0.132. The van der Waals surface area contributed by atoms with Crippen LogP contribution in [0.4, 0.5) is 5.69 Å². The molecule has 4 nitrogen and oxygen atoms in total. The van der Waals surface area contributed by atoms with Gasteiger partial charge >= 0.3 is 0 Å². The smallest absolute Gasteiger partial charge is 0.243 e. The monoisotopic (exact) mass is 364 g/mol.